The van der Waals surface area contributed by atoms with Crippen LogP contribution in [0.1, 0.15) is 21.5 Å². The third-order valence-corrected chi connectivity index (χ3v) is 5.08. The molecule has 0 saturated carbocycles. The van der Waals surface area contributed by atoms with E-state index in [1.807, 2.05) is 49.4 Å². The minimum absolute atomic E-state index is 0.233. The lowest BCUT2D eigenvalue weighted by molar-refractivity contribution is 0.0734. The number of carbonyl (C=O) groups excluding carboxylic acids is 1. The first kappa shape index (κ1) is 22.1. The summed E-state index contributed by atoms with van der Waals surface area (Å²) in [5.74, 6) is -0.412. The minimum Gasteiger partial charge on any atom is -0.422 e. The number of halogens is 1. The molecule has 0 aliphatic rings. The second kappa shape index (κ2) is 10.0. The zero-order valence-corrected chi connectivity index (χ0v) is 18.5. The van der Waals surface area contributed by atoms with Gasteiger partial charge in [0, 0.05) is 11.3 Å². The summed E-state index contributed by atoms with van der Waals surface area (Å²) in [6, 6.07) is 24.3. The summed E-state index contributed by atoms with van der Waals surface area (Å²) in [6.45, 7) is 1.95. The highest BCUT2D eigenvalue weighted by atomic mass is 32.1. The molecule has 0 heterocycles. The summed E-state index contributed by atoms with van der Waals surface area (Å²) in [5, 5.41) is 9.21. The van der Waals surface area contributed by atoms with Crippen molar-refractivity contribution in [1.29, 1.82) is 0 Å². The lowest BCUT2D eigenvalue weighted by atomic mass is 10.0. The van der Waals surface area contributed by atoms with Crippen LogP contribution in [-0.2, 0) is 0 Å². The zero-order chi connectivity index (χ0) is 23.2. The maximum Gasteiger partial charge on any atom is 0.343 e. The van der Waals surface area contributed by atoms with Gasteiger partial charge in [0.15, 0.2) is 5.11 Å². The number of nitrogens with zero attached hydrogens (tertiary/aromatic N) is 1. The van der Waals surface area contributed by atoms with Crippen molar-refractivity contribution < 1.29 is 13.9 Å². The van der Waals surface area contributed by atoms with Crippen molar-refractivity contribution >= 4 is 46.0 Å². The van der Waals surface area contributed by atoms with E-state index in [4.69, 9.17) is 17.0 Å². The number of hydrogen-bond acceptors (Lipinski definition) is 4. The number of anilines is 1. The van der Waals surface area contributed by atoms with E-state index in [9.17, 15) is 9.18 Å². The van der Waals surface area contributed by atoms with Gasteiger partial charge in [-0.25, -0.2) is 9.18 Å². The fourth-order valence-corrected chi connectivity index (χ4v) is 3.36. The Kier molecular flexibility index (Phi) is 6.71. The van der Waals surface area contributed by atoms with Crippen LogP contribution in [0.5, 0.6) is 5.75 Å². The monoisotopic (exact) mass is 457 g/mol. The number of hydrogen-bond donors (Lipinski definition) is 2. The topological polar surface area (TPSA) is 62.7 Å². The van der Waals surface area contributed by atoms with Gasteiger partial charge in [0.2, 0.25) is 0 Å². The summed E-state index contributed by atoms with van der Waals surface area (Å²) in [5.41, 5.74) is 5.50. The number of rotatable bonds is 5. The van der Waals surface area contributed by atoms with Crippen molar-refractivity contribution in [2.24, 2.45) is 5.10 Å². The van der Waals surface area contributed by atoms with Gasteiger partial charge in [0.25, 0.3) is 0 Å². The molecule has 33 heavy (non-hydrogen) atoms. The molecule has 0 fully saturated rings. The second-order valence-electron chi connectivity index (χ2n) is 7.29. The van der Waals surface area contributed by atoms with E-state index < -0.39 is 5.97 Å². The van der Waals surface area contributed by atoms with Crippen LogP contribution in [0.25, 0.3) is 10.8 Å². The molecule has 4 aromatic carbocycles. The van der Waals surface area contributed by atoms with Crippen LogP contribution in [0, 0.1) is 12.7 Å². The largest absolute Gasteiger partial charge is 0.422 e. The molecule has 0 atom stereocenters. The van der Waals surface area contributed by atoms with Crippen LogP contribution < -0.4 is 15.5 Å². The molecule has 7 heteroatoms. The number of carbonyl (C=O) groups is 1. The Morgan fingerprint density at radius 1 is 0.970 bits per heavy atom. The Labute approximate surface area is 195 Å². The average molecular weight is 458 g/mol. The fourth-order valence-electron chi connectivity index (χ4n) is 3.19. The molecule has 0 aliphatic carbocycles. The first-order chi connectivity index (χ1) is 16.0. The highest BCUT2D eigenvalue weighted by molar-refractivity contribution is 7.80. The smallest absolute Gasteiger partial charge is 0.343 e. The highest BCUT2D eigenvalue weighted by Crippen LogP contribution is 2.27. The third-order valence-electron chi connectivity index (χ3n) is 4.88. The van der Waals surface area contributed by atoms with E-state index in [2.05, 4.69) is 15.8 Å². The molecule has 0 saturated heterocycles. The lowest BCUT2D eigenvalue weighted by Gasteiger charge is -2.11. The van der Waals surface area contributed by atoms with Crippen molar-refractivity contribution in [3.05, 3.63) is 107 Å². The molecule has 0 bridgehead atoms. The Balaban J connectivity index is 1.55. The number of nitrogens with one attached hydrogen (secondary N) is 2. The van der Waals surface area contributed by atoms with Gasteiger partial charge in [0.1, 0.15) is 11.6 Å². The van der Waals surface area contributed by atoms with E-state index in [0.29, 0.717) is 22.6 Å². The maximum atomic E-state index is 13.1. The number of ether oxygens (including phenoxy) is 1. The predicted octanol–water partition coefficient (Wildman–Crippen LogP) is 5.83. The van der Waals surface area contributed by atoms with Crippen LogP contribution in [0.3, 0.4) is 0 Å². The van der Waals surface area contributed by atoms with Gasteiger partial charge in [-0.2, -0.15) is 5.10 Å². The summed E-state index contributed by atoms with van der Waals surface area (Å²) in [4.78, 5) is 12.7. The number of hydrazone groups is 1. The quantitative estimate of drug-likeness (QED) is 0.130. The molecular formula is C26H20FN3O2S. The summed E-state index contributed by atoms with van der Waals surface area (Å²) >= 11 is 5.24. The van der Waals surface area contributed by atoms with Gasteiger partial charge in [-0.15, -0.1) is 0 Å². The second-order valence-corrected chi connectivity index (χ2v) is 7.69. The number of aryl methyl sites for hydroxylation is 1. The Hall–Kier alpha value is -4.10. The number of fused-ring (bicyclic) bond motifs is 1. The fraction of sp³-hybridized carbons (Fsp3) is 0.0385. The van der Waals surface area contributed by atoms with E-state index in [1.165, 1.54) is 12.1 Å². The zero-order valence-electron chi connectivity index (χ0n) is 17.7. The van der Waals surface area contributed by atoms with Gasteiger partial charge in [-0.1, -0.05) is 48.0 Å². The van der Waals surface area contributed by atoms with Crippen molar-refractivity contribution in [3.8, 4) is 5.75 Å². The molecule has 0 radical (unpaired) electrons. The van der Waals surface area contributed by atoms with Crippen molar-refractivity contribution in [2.45, 2.75) is 6.92 Å². The number of thiocarbonyl (C=S) groups is 1. The standard InChI is InChI=1S/C26H20FN3O2S/c1-17-6-8-19(9-7-17)25(31)32-24-15-10-18-4-2-3-5-22(18)23(24)16-28-30-26(33)29-21-13-11-20(27)12-14-21/h2-16H,1H3,(H2,29,30,33)/b28-16-. The summed E-state index contributed by atoms with van der Waals surface area (Å²) in [6.07, 6.45) is 1.55. The molecule has 2 N–H and O–H groups in total. The van der Waals surface area contributed by atoms with Crippen LogP contribution in [-0.4, -0.2) is 17.3 Å². The van der Waals surface area contributed by atoms with E-state index in [1.54, 1.807) is 36.5 Å². The van der Waals surface area contributed by atoms with Gasteiger partial charge in [-0.3, -0.25) is 5.43 Å². The van der Waals surface area contributed by atoms with Crippen molar-refractivity contribution in [2.75, 3.05) is 5.32 Å². The molecule has 4 rings (SSSR count). The SMILES string of the molecule is Cc1ccc(C(=O)Oc2ccc3ccccc3c2/C=N\NC(=S)Nc2ccc(F)cc2)cc1. The van der Waals surface area contributed by atoms with E-state index in [0.717, 1.165) is 16.3 Å². The van der Waals surface area contributed by atoms with Gasteiger partial charge < -0.3 is 10.1 Å². The van der Waals surface area contributed by atoms with Gasteiger partial charge >= 0.3 is 5.97 Å². The first-order valence-electron chi connectivity index (χ1n) is 10.2. The highest BCUT2D eigenvalue weighted by Gasteiger charge is 2.13. The molecule has 5 nitrogen and oxygen atoms in total. The molecular weight excluding hydrogens is 437 g/mol. The normalized spacial score (nSPS) is 10.8. The van der Waals surface area contributed by atoms with Crippen LogP contribution >= 0.6 is 12.2 Å². The minimum atomic E-state index is -0.457. The van der Waals surface area contributed by atoms with Crippen LogP contribution in [0.4, 0.5) is 10.1 Å². The Bertz CT molecular complexity index is 1340. The Morgan fingerprint density at radius 3 is 2.45 bits per heavy atom. The van der Waals surface area contributed by atoms with E-state index >= 15 is 0 Å². The first-order valence-corrected chi connectivity index (χ1v) is 10.6. The number of esters is 1. The van der Waals surface area contributed by atoms with Gasteiger partial charge in [-0.05, 0) is 72.4 Å². The molecule has 4 aromatic rings. The molecule has 0 amide bonds. The molecule has 164 valence electrons. The molecule has 0 aromatic heterocycles. The summed E-state index contributed by atoms with van der Waals surface area (Å²) < 4.78 is 18.8. The predicted molar refractivity (Wildman–Crippen MR) is 133 cm³/mol. The Morgan fingerprint density at radius 2 is 1.70 bits per heavy atom. The maximum absolute atomic E-state index is 13.1. The molecule has 0 aliphatic heterocycles. The van der Waals surface area contributed by atoms with Crippen molar-refractivity contribution in [1.82, 2.24) is 5.43 Å². The average Bonchev–Trinajstić information content (AvgIpc) is 2.82. The van der Waals surface area contributed by atoms with E-state index in [-0.39, 0.29) is 10.9 Å². The van der Waals surface area contributed by atoms with Crippen LogP contribution in [0.15, 0.2) is 90.0 Å². The summed E-state index contributed by atoms with van der Waals surface area (Å²) in [7, 11) is 0. The molecule has 0 unspecified atom stereocenters. The van der Waals surface area contributed by atoms with Gasteiger partial charge in [0.05, 0.1) is 11.8 Å². The molecule has 0 spiro atoms. The van der Waals surface area contributed by atoms with Crippen LogP contribution in [0.2, 0.25) is 0 Å². The third kappa shape index (κ3) is 5.58. The number of benzene rings is 4. The van der Waals surface area contributed by atoms with Crippen molar-refractivity contribution in [3.63, 3.8) is 0 Å². The lowest BCUT2D eigenvalue weighted by Crippen LogP contribution is -2.23.